The predicted molar refractivity (Wildman–Crippen MR) is 89.0 cm³/mol. The highest BCUT2D eigenvalue weighted by atomic mass is 79.9. The van der Waals surface area contributed by atoms with Crippen LogP contribution in [-0.2, 0) is 6.42 Å². The van der Waals surface area contributed by atoms with E-state index in [9.17, 15) is 0 Å². The van der Waals surface area contributed by atoms with Crippen LogP contribution in [0.25, 0.3) is 0 Å². The van der Waals surface area contributed by atoms with Crippen LogP contribution in [0.2, 0.25) is 0 Å². The average Bonchev–Trinajstić information content (AvgIpc) is 2.41. The first-order valence-electron chi connectivity index (χ1n) is 6.91. The molecule has 1 aromatic rings. The topological polar surface area (TPSA) is 37.8 Å². The van der Waals surface area contributed by atoms with E-state index in [0.717, 1.165) is 48.5 Å². The molecule has 3 nitrogen and oxygen atoms in total. The summed E-state index contributed by atoms with van der Waals surface area (Å²) in [6.45, 7) is 7.58. The first-order chi connectivity index (χ1) is 9.09. The fraction of sp³-hybridized carbons (Fsp3) is 0.714. The zero-order valence-electron chi connectivity index (χ0n) is 12.3. The highest BCUT2D eigenvalue weighted by Gasteiger charge is 2.24. The summed E-state index contributed by atoms with van der Waals surface area (Å²) >= 11 is 5.40. The van der Waals surface area contributed by atoms with Crippen LogP contribution in [0, 0.1) is 0 Å². The van der Waals surface area contributed by atoms with Crippen molar-refractivity contribution >= 4 is 33.5 Å². The van der Waals surface area contributed by atoms with E-state index in [-0.39, 0.29) is 0 Å². The average molecular weight is 346 g/mol. The normalized spacial score (nSPS) is 11.6. The van der Waals surface area contributed by atoms with E-state index in [2.05, 4.69) is 58.2 Å². The molecule has 0 radical (unpaired) electrons. The van der Waals surface area contributed by atoms with Gasteiger partial charge in [-0.3, -0.25) is 0 Å². The fourth-order valence-electron chi connectivity index (χ4n) is 2.00. The van der Waals surface area contributed by atoms with Crippen LogP contribution >= 0.6 is 27.7 Å². The van der Waals surface area contributed by atoms with E-state index < -0.39 is 0 Å². The lowest BCUT2D eigenvalue weighted by molar-refractivity contribution is 0.573. The molecule has 0 amide bonds. The van der Waals surface area contributed by atoms with Gasteiger partial charge in [-0.2, -0.15) is 11.8 Å². The molecule has 0 bridgehead atoms. The third kappa shape index (κ3) is 4.95. The van der Waals surface area contributed by atoms with Gasteiger partial charge in [0, 0.05) is 23.8 Å². The van der Waals surface area contributed by atoms with Crippen LogP contribution in [-0.4, -0.2) is 27.5 Å². The van der Waals surface area contributed by atoms with Gasteiger partial charge < -0.3 is 5.32 Å². The van der Waals surface area contributed by atoms with Crippen molar-refractivity contribution in [3.8, 4) is 0 Å². The Balaban J connectivity index is 2.76. The number of anilines is 1. The Kier molecular flexibility index (Phi) is 7.15. The molecular formula is C14H24BrN3S. The summed E-state index contributed by atoms with van der Waals surface area (Å²) in [5, 5.41) is 3.48. The minimum atomic E-state index is 0.294. The van der Waals surface area contributed by atoms with E-state index in [1.54, 1.807) is 0 Å². The second-order valence-corrected chi connectivity index (χ2v) is 6.78. The van der Waals surface area contributed by atoms with Crippen molar-refractivity contribution in [1.29, 1.82) is 0 Å². The molecule has 0 aromatic carbocycles. The predicted octanol–water partition coefficient (Wildman–Crippen LogP) is 4.53. The first kappa shape index (κ1) is 16.8. The van der Waals surface area contributed by atoms with Crippen molar-refractivity contribution in [2.75, 3.05) is 18.1 Å². The third-order valence-corrected chi connectivity index (χ3v) is 5.52. The van der Waals surface area contributed by atoms with E-state index in [4.69, 9.17) is 0 Å². The molecule has 0 unspecified atom stereocenters. The van der Waals surface area contributed by atoms with Gasteiger partial charge in [0.15, 0.2) is 0 Å². The standard InChI is InChI=1S/C14H24BrN3S/c1-5-8-12-17-11(15)9-13(18-12)16-10-14(6-2,7-3)19-4/h9H,5-8,10H2,1-4H3,(H,16,17,18). The molecule has 5 heteroatoms. The molecule has 0 aliphatic rings. The Labute approximate surface area is 129 Å². The van der Waals surface area contributed by atoms with Crippen molar-refractivity contribution in [3.05, 3.63) is 16.5 Å². The summed E-state index contributed by atoms with van der Waals surface area (Å²) in [5.74, 6) is 1.83. The number of halogens is 1. The quantitative estimate of drug-likeness (QED) is 0.702. The maximum Gasteiger partial charge on any atom is 0.132 e. The van der Waals surface area contributed by atoms with E-state index in [1.807, 2.05) is 17.8 Å². The van der Waals surface area contributed by atoms with Gasteiger partial charge in [-0.25, -0.2) is 9.97 Å². The van der Waals surface area contributed by atoms with Gasteiger partial charge in [0.1, 0.15) is 16.2 Å². The Bertz CT molecular complexity index is 386. The summed E-state index contributed by atoms with van der Waals surface area (Å²) in [7, 11) is 0. The smallest absolute Gasteiger partial charge is 0.132 e. The maximum absolute atomic E-state index is 4.57. The van der Waals surface area contributed by atoms with Crippen LogP contribution in [0.3, 0.4) is 0 Å². The molecule has 1 rings (SSSR count). The lowest BCUT2D eigenvalue weighted by Crippen LogP contribution is -2.32. The van der Waals surface area contributed by atoms with Gasteiger partial charge in [0.2, 0.25) is 0 Å². The number of hydrogen-bond acceptors (Lipinski definition) is 4. The first-order valence-corrected chi connectivity index (χ1v) is 8.93. The zero-order valence-corrected chi connectivity index (χ0v) is 14.7. The molecule has 0 atom stereocenters. The van der Waals surface area contributed by atoms with E-state index >= 15 is 0 Å². The largest absolute Gasteiger partial charge is 0.369 e. The molecule has 1 N–H and O–H groups in total. The molecule has 0 fully saturated rings. The number of rotatable bonds is 8. The molecule has 1 heterocycles. The molecule has 0 aliphatic carbocycles. The van der Waals surface area contributed by atoms with Crippen molar-refractivity contribution in [2.45, 2.75) is 51.2 Å². The van der Waals surface area contributed by atoms with Gasteiger partial charge in [0.05, 0.1) is 0 Å². The minimum Gasteiger partial charge on any atom is -0.369 e. The summed E-state index contributed by atoms with van der Waals surface area (Å²) in [4.78, 5) is 8.96. The number of thioether (sulfide) groups is 1. The van der Waals surface area contributed by atoms with Gasteiger partial charge in [0.25, 0.3) is 0 Å². The molecule has 0 spiro atoms. The monoisotopic (exact) mass is 345 g/mol. The van der Waals surface area contributed by atoms with Crippen molar-refractivity contribution in [2.24, 2.45) is 0 Å². The molecule has 1 aromatic heterocycles. The number of nitrogens with zero attached hydrogens (tertiary/aromatic N) is 2. The molecular weight excluding hydrogens is 322 g/mol. The van der Waals surface area contributed by atoms with Gasteiger partial charge in [-0.15, -0.1) is 0 Å². The van der Waals surface area contributed by atoms with Crippen LogP contribution in [0.15, 0.2) is 10.7 Å². The lowest BCUT2D eigenvalue weighted by Gasteiger charge is -2.30. The Morgan fingerprint density at radius 3 is 2.47 bits per heavy atom. The third-order valence-electron chi connectivity index (χ3n) is 3.53. The number of aryl methyl sites for hydroxylation is 1. The number of hydrogen-bond donors (Lipinski definition) is 1. The van der Waals surface area contributed by atoms with E-state index in [1.165, 1.54) is 0 Å². The molecule has 19 heavy (non-hydrogen) atoms. The van der Waals surface area contributed by atoms with E-state index in [0.29, 0.717) is 4.75 Å². The molecule has 108 valence electrons. The fourth-order valence-corrected chi connectivity index (χ4v) is 3.22. The molecule has 0 aliphatic heterocycles. The number of nitrogens with one attached hydrogen (secondary N) is 1. The second kappa shape index (κ2) is 8.10. The lowest BCUT2D eigenvalue weighted by atomic mass is 10.0. The summed E-state index contributed by atoms with van der Waals surface area (Å²) < 4.78 is 1.15. The summed E-state index contributed by atoms with van der Waals surface area (Å²) in [6, 6.07) is 1.95. The highest BCUT2D eigenvalue weighted by Crippen LogP contribution is 2.30. The van der Waals surface area contributed by atoms with Crippen LogP contribution in [0.4, 0.5) is 5.82 Å². The molecule has 0 saturated heterocycles. The summed E-state index contributed by atoms with van der Waals surface area (Å²) in [6.07, 6.45) is 6.49. The SMILES string of the molecule is CCCc1nc(Br)cc(NCC(CC)(CC)SC)n1. The Morgan fingerprint density at radius 1 is 1.26 bits per heavy atom. The van der Waals surface area contributed by atoms with Gasteiger partial charge >= 0.3 is 0 Å². The number of aromatic nitrogens is 2. The summed E-state index contributed by atoms with van der Waals surface area (Å²) in [5.41, 5.74) is 0. The maximum atomic E-state index is 4.57. The van der Waals surface area contributed by atoms with Crippen LogP contribution in [0.1, 0.15) is 45.9 Å². The minimum absolute atomic E-state index is 0.294. The Hall–Kier alpha value is -0.290. The second-order valence-electron chi connectivity index (χ2n) is 4.69. The van der Waals surface area contributed by atoms with Crippen LogP contribution in [0.5, 0.6) is 0 Å². The Morgan fingerprint density at radius 2 is 1.95 bits per heavy atom. The highest BCUT2D eigenvalue weighted by molar-refractivity contribution is 9.10. The van der Waals surface area contributed by atoms with Crippen molar-refractivity contribution < 1.29 is 0 Å². The van der Waals surface area contributed by atoms with Gasteiger partial charge in [-0.1, -0.05) is 20.8 Å². The van der Waals surface area contributed by atoms with Crippen LogP contribution < -0.4 is 5.32 Å². The zero-order chi connectivity index (χ0) is 14.3. The molecule has 0 saturated carbocycles. The van der Waals surface area contributed by atoms with Crippen molar-refractivity contribution in [3.63, 3.8) is 0 Å². The van der Waals surface area contributed by atoms with Gasteiger partial charge in [-0.05, 0) is 41.4 Å². The van der Waals surface area contributed by atoms with Crippen molar-refractivity contribution in [1.82, 2.24) is 9.97 Å².